The molecule has 5 nitrogen and oxygen atoms in total. The van der Waals surface area contributed by atoms with Crippen molar-refractivity contribution >= 4 is 34.6 Å². The molecule has 2 aromatic carbocycles. The summed E-state index contributed by atoms with van der Waals surface area (Å²) < 4.78 is 0. The third-order valence-corrected chi connectivity index (χ3v) is 4.49. The van der Waals surface area contributed by atoms with Gasteiger partial charge in [-0.15, -0.1) is 0 Å². The SMILES string of the molecule is O=C(CNc1ccccc1N1CCC(O)CC1)Nc1cccc(Cl)c1. The van der Waals surface area contributed by atoms with E-state index in [0.717, 1.165) is 37.3 Å². The predicted molar refractivity (Wildman–Crippen MR) is 102 cm³/mol. The summed E-state index contributed by atoms with van der Waals surface area (Å²) in [6.07, 6.45) is 1.33. The van der Waals surface area contributed by atoms with Gasteiger partial charge in [0.25, 0.3) is 0 Å². The Morgan fingerprint density at radius 1 is 1.16 bits per heavy atom. The number of aliphatic hydroxyl groups is 1. The quantitative estimate of drug-likeness (QED) is 0.766. The van der Waals surface area contributed by atoms with Crippen LogP contribution in [0.5, 0.6) is 0 Å². The van der Waals surface area contributed by atoms with Crippen LogP contribution < -0.4 is 15.5 Å². The molecule has 0 unspecified atom stereocenters. The van der Waals surface area contributed by atoms with E-state index in [-0.39, 0.29) is 18.6 Å². The molecular formula is C19H22ClN3O2. The number of piperidine rings is 1. The molecular weight excluding hydrogens is 338 g/mol. The second-order valence-corrected chi connectivity index (χ2v) is 6.58. The number of nitrogens with one attached hydrogen (secondary N) is 2. The fourth-order valence-electron chi connectivity index (χ4n) is 2.95. The monoisotopic (exact) mass is 359 g/mol. The molecule has 0 bridgehead atoms. The number of carbonyl (C=O) groups is 1. The Kier molecular flexibility index (Phi) is 5.79. The van der Waals surface area contributed by atoms with Gasteiger partial charge in [-0.1, -0.05) is 29.8 Å². The van der Waals surface area contributed by atoms with Gasteiger partial charge in [0, 0.05) is 23.8 Å². The van der Waals surface area contributed by atoms with Gasteiger partial charge in [-0.05, 0) is 43.2 Å². The molecule has 25 heavy (non-hydrogen) atoms. The molecule has 0 spiro atoms. The van der Waals surface area contributed by atoms with Crippen molar-refractivity contribution in [2.75, 3.05) is 35.2 Å². The van der Waals surface area contributed by atoms with Crippen LogP contribution in [0.2, 0.25) is 5.02 Å². The first-order chi connectivity index (χ1) is 12.1. The second-order valence-electron chi connectivity index (χ2n) is 6.15. The van der Waals surface area contributed by atoms with Gasteiger partial charge in [0.05, 0.1) is 24.0 Å². The van der Waals surface area contributed by atoms with Crippen molar-refractivity contribution in [1.82, 2.24) is 0 Å². The maximum atomic E-state index is 12.2. The summed E-state index contributed by atoms with van der Waals surface area (Å²) in [5.74, 6) is -0.133. The number of nitrogens with zero attached hydrogens (tertiary/aromatic N) is 1. The summed E-state index contributed by atoms with van der Waals surface area (Å²) in [6.45, 7) is 1.79. The fourth-order valence-corrected chi connectivity index (χ4v) is 3.14. The average molecular weight is 360 g/mol. The number of hydrogen-bond acceptors (Lipinski definition) is 4. The molecule has 0 atom stereocenters. The minimum absolute atomic E-state index is 0.133. The summed E-state index contributed by atoms with van der Waals surface area (Å²) in [7, 11) is 0. The fraction of sp³-hybridized carbons (Fsp3) is 0.316. The minimum Gasteiger partial charge on any atom is -0.393 e. The predicted octanol–water partition coefficient (Wildman–Crippen LogP) is 3.35. The van der Waals surface area contributed by atoms with Crippen molar-refractivity contribution in [3.05, 3.63) is 53.6 Å². The Bertz CT molecular complexity index is 730. The molecule has 0 aromatic heterocycles. The van der Waals surface area contributed by atoms with Gasteiger partial charge in [0.15, 0.2) is 0 Å². The standard InChI is InChI=1S/C19H22ClN3O2/c20-14-4-3-5-15(12-14)22-19(25)13-21-17-6-1-2-7-18(17)23-10-8-16(24)9-11-23/h1-7,12,16,21,24H,8-11,13H2,(H,22,25). The van der Waals surface area contributed by atoms with Crippen molar-refractivity contribution in [1.29, 1.82) is 0 Å². The third-order valence-electron chi connectivity index (χ3n) is 4.26. The number of carbonyl (C=O) groups excluding carboxylic acids is 1. The van der Waals surface area contributed by atoms with E-state index in [1.807, 2.05) is 24.3 Å². The number of benzene rings is 2. The summed E-state index contributed by atoms with van der Waals surface area (Å²) in [5.41, 5.74) is 2.66. The first-order valence-electron chi connectivity index (χ1n) is 8.43. The van der Waals surface area contributed by atoms with Gasteiger partial charge < -0.3 is 20.6 Å². The normalized spacial score (nSPS) is 15.0. The summed E-state index contributed by atoms with van der Waals surface area (Å²) in [4.78, 5) is 14.4. The minimum atomic E-state index is -0.208. The number of anilines is 3. The molecule has 1 aliphatic heterocycles. The van der Waals surface area contributed by atoms with Crippen molar-refractivity contribution < 1.29 is 9.90 Å². The van der Waals surface area contributed by atoms with Crippen LogP contribution in [-0.2, 0) is 4.79 Å². The molecule has 3 N–H and O–H groups in total. The molecule has 0 radical (unpaired) electrons. The van der Waals surface area contributed by atoms with Crippen molar-refractivity contribution in [3.63, 3.8) is 0 Å². The van der Waals surface area contributed by atoms with E-state index in [9.17, 15) is 9.90 Å². The van der Waals surface area contributed by atoms with Crippen LogP contribution in [0.1, 0.15) is 12.8 Å². The molecule has 1 aliphatic rings. The summed E-state index contributed by atoms with van der Waals surface area (Å²) >= 11 is 5.93. The van der Waals surface area contributed by atoms with Gasteiger partial charge in [-0.3, -0.25) is 4.79 Å². The highest BCUT2D eigenvalue weighted by atomic mass is 35.5. The Morgan fingerprint density at radius 3 is 2.68 bits per heavy atom. The van der Waals surface area contributed by atoms with E-state index in [0.29, 0.717) is 10.7 Å². The highest BCUT2D eigenvalue weighted by molar-refractivity contribution is 6.30. The van der Waals surface area contributed by atoms with Gasteiger partial charge in [0.1, 0.15) is 0 Å². The molecule has 1 heterocycles. The lowest BCUT2D eigenvalue weighted by atomic mass is 10.1. The lowest BCUT2D eigenvalue weighted by molar-refractivity contribution is -0.114. The topological polar surface area (TPSA) is 64.6 Å². The lowest BCUT2D eigenvalue weighted by Gasteiger charge is -2.32. The largest absolute Gasteiger partial charge is 0.393 e. The Labute approximate surface area is 152 Å². The molecule has 0 saturated carbocycles. The molecule has 2 aromatic rings. The number of aliphatic hydroxyl groups excluding tert-OH is 1. The smallest absolute Gasteiger partial charge is 0.243 e. The number of rotatable bonds is 5. The maximum Gasteiger partial charge on any atom is 0.243 e. The maximum absolute atomic E-state index is 12.2. The van der Waals surface area contributed by atoms with Crippen LogP contribution >= 0.6 is 11.6 Å². The molecule has 6 heteroatoms. The van der Waals surface area contributed by atoms with Crippen LogP contribution in [0, 0.1) is 0 Å². The number of halogens is 1. The number of amides is 1. The average Bonchev–Trinajstić information content (AvgIpc) is 2.61. The third kappa shape index (κ3) is 4.87. The molecule has 0 aliphatic carbocycles. The van der Waals surface area contributed by atoms with E-state index >= 15 is 0 Å². The molecule has 1 amide bonds. The van der Waals surface area contributed by atoms with Gasteiger partial charge in [-0.2, -0.15) is 0 Å². The Hall–Kier alpha value is -2.24. The Balaban J connectivity index is 1.60. The number of hydrogen-bond donors (Lipinski definition) is 3. The van der Waals surface area contributed by atoms with E-state index < -0.39 is 0 Å². The van der Waals surface area contributed by atoms with Crippen LogP contribution in [-0.4, -0.2) is 36.8 Å². The highest BCUT2D eigenvalue weighted by Gasteiger charge is 2.19. The van der Waals surface area contributed by atoms with Crippen LogP contribution in [0.4, 0.5) is 17.1 Å². The van der Waals surface area contributed by atoms with Crippen molar-refractivity contribution in [2.24, 2.45) is 0 Å². The zero-order valence-electron chi connectivity index (χ0n) is 13.9. The second kappa shape index (κ2) is 8.23. The van der Waals surface area contributed by atoms with Crippen LogP contribution in [0.3, 0.4) is 0 Å². The van der Waals surface area contributed by atoms with Gasteiger partial charge in [0.2, 0.25) is 5.91 Å². The zero-order chi connectivity index (χ0) is 17.6. The van der Waals surface area contributed by atoms with Gasteiger partial charge >= 0.3 is 0 Å². The van der Waals surface area contributed by atoms with E-state index in [4.69, 9.17) is 11.6 Å². The van der Waals surface area contributed by atoms with E-state index in [2.05, 4.69) is 15.5 Å². The van der Waals surface area contributed by atoms with Crippen molar-refractivity contribution in [2.45, 2.75) is 18.9 Å². The first-order valence-corrected chi connectivity index (χ1v) is 8.81. The summed E-state index contributed by atoms with van der Waals surface area (Å²) in [5, 5.41) is 16.3. The van der Waals surface area contributed by atoms with E-state index in [1.165, 1.54) is 0 Å². The first kappa shape index (κ1) is 17.6. The summed E-state index contributed by atoms with van der Waals surface area (Å²) in [6, 6.07) is 15.0. The number of para-hydroxylation sites is 2. The van der Waals surface area contributed by atoms with Crippen LogP contribution in [0.15, 0.2) is 48.5 Å². The molecule has 132 valence electrons. The van der Waals surface area contributed by atoms with Crippen LogP contribution in [0.25, 0.3) is 0 Å². The highest BCUT2D eigenvalue weighted by Crippen LogP contribution is 2.28. The lowest BCUT2D eigenvalue weighted by Crippen LogP contribution is -2.36. The zero-order valence-corrected chi connectivity index (χ0v) is 14.7. The molecule has 1 fully saturated rings. The van der Waals surface area contributed by atoms with Crippen molar-refractivity contribution in [3.8, 4) is 0 Å². The molecule has 1 saturated heterocycles. The van der Waals surface area contributed by atoms with E-state index in [1.54, 1.807) is 24.3 Å². The molecule has 3 rings (SSSR count). The Morgan fingerprint density at radius 2 is 1.92 bits per heavy atom. The van der Waals surface area contributed by atoms with Gasteiger partial charge in [-0.25, -0.2) is 0 Å².